The Morgan fingerprint density at radius 2 is 1.20 bits per heavy atom. The van der Waals surface area contributed by atoms with Gasteiger partial charge in [-0.25, -0.2) is 19.6 Å². The van der Waals surface area contributed by atoms with Crippen molar-refractivity contribution in [2.45, 2.75) is 85.1 Å². The highest BCUT2D eigenvalue weighted by atomic mass is 32.1. The van der Waals surface area contributed by atoms with Gasteiger partial charge in [0.2, 0.25) is 11.8 Å². The number of nitrogens with one attached hydrogen (secondary N) is 3. The van der Waals surface area contributed by atoms with Crippen LogP contribution in [-0.2, 0) is 45.0 Å². The van der Waals surface area contributed by atoms with E-state index in [0.717, 1.165) is 72.5 Å². The van der Waals surface area contributed by atoms with Gasteiger partial charge in [-0.05, 0) is 97.8 Å². The van der Waals surface area contributed by atoms with Crippen molar-refractivity contribution in [1.29, 1.82) is 0 Å². The summed E-state index contributed by atoms with van der Waals surface area (Å²) in [4.78, 5) is 73.1. The van der Waals surface area contributed by atoms with Crippen molar-refractivity contribution in [3.8, 4) is 21.1 Å². The molecular weight excluding hydrogens is 893 g/mol. The molecule has 8 heterocycles. The first-order chi connectivity index (χ1) is 30.5. The molecule has 340 valence electrons. The lowest BCUT2D eigenvalue weighted by Crippen LogP contribution is -2.39. The molecule has 2 aliphatic rings. The molecule has 16 nitrogen and oxygen atoms in total. The number of ether oxygens (including phenoxy) is 2. The van der Waals surface area contributed by atoms with Crippen molar-refractivity contribution >= 4 is 99.8 Å². The summed E-state index contributed by atoms with van der Waals surface area (Å²) < 4.78 is 13.2. The maximum Gasteiger partial charge on any atom is 0.410 e. The van der Waals surface area contributed by atoms with Crippen LogP contribution < -0.4 is 21.7 Å². The molecule has 2 aliphatic heterocycles. The zero-order chi connectivity index (χ0) is 46.3. The number of thiophene rings is 2. The minimum absolute atomic E-state index is 0.0500. The van der Waals surface area contributed by atoms with Gasteiger partial charge in [0.1, 0.15) is 42.3 Å². The second-order valence-electron chi connectivity index (χ2n) is 16.5. The number of amides is 4. The van der Waals surface area contributed by atoms with E-state index in [0.29, 0.717) is 52.0 Å². The maximum absolute atomic E-state index is 12.6. The zero-order valence-corrected chi connectivity index (χ0v) is 40.5. The highest BCUT2D eigenvalue weighted by Crippen LogP contribution is 2.47. The van der Waals surface area contributed by atoms with Crippen LogP contribution in [0.1, 0.15) is 68.8 Å². The van der Waals surface area contributed by atoms with Crippen LogP contribution in [0.2, 0.25) is 0 Å². The minimum atomic E-state index is -0.546. The quantitative estimate of drug-likeness (QED) is 0.106. The number of carbonyl (C=O) groups excluding carboxylic acids is 4. The van der Waals surface area contributed by atoms with Crippen LogP contribution in [0.15, 0.2) is 49.6 Å². The molecule has 5 N–H and O–H groups in total. The lowest BCUT2D eigenvalue weighted by Gasteiger charge is -2.30. The first-order valence-electron chi connectivity index (χ1n) is 20.6. The largest absolute Gasteiger partial charge is 0.444 e. The summed E-state index contributed by atoms with van der Waals surface area (Å²) in [5.74, 6) is -0.326. The number of rotatable bonds is 8. The minimum Gasteiger partial charge on any atom is -0.444 e. The summed E-state index contributed by atoms with van der Waals surface area (Å²) >= 11 is 6.14. The van der Waals surface area contributed by atoms with E-state index in [1.807, 2.05) is 60.7 Å². The smallest absolute Gasteiger partial charge is 0.410 e. The molecule has 0 aliphatic carbocycles. The molecule has 0 aromatic carbocycles. The molecule has 0 saturated carbocycles. The zero-order valence-electron chi connectivity index (χ0n) is 37.2. The standard InChI is InChI=1S/C22H27N5O3S2.C21H22N4O3S2.CH5N/c1-22(2,3)30-21(29)27-10-7-13-16(12-27)32-20(26-17(28)6-8-23-4)18(13)19-25-14-11-24-9-5-15(14)31-19;1-5-16(26)24-19-17(18-23-13-10-22-8-6-14(13)29-18)12-7-9-25(11-15(12)30-19)20(27)28-21(2,3)4;1-2/h5,9,11,23H,6-8,10,12H2,1-4H3,(H,26,28);5-6,8,10H,1,7,9,11H2,2-4H3,(H,24,26);2H2,1H3. The van der Waals surface area contributed by atoms with Gasteiger partial charge in [-0.15, -0.1) is 45.3 Å². The molecule has 0 radical (unpaired) electrons. The molecule has 4 amide bonds. The van der Waals surface area contributed by atoms with E-state index in [1.54, 1.807) is 57.3 Å². The van der Waals surface area contributed by atoms with Crippen LogP contribution in [0.3, 0.4) is 0 Å². The summed E-state index contributed by atoms with van der Waals surface area (Å²) in [7, 11) is 3.32. The molecule has 64 heavy (non-hydrogen) atoms. The lowest BCUT2D eigenvalue weighted by molar-refractivity contribution is -0.116. The molecule has 6 aromatic heterocycles. The number of anilines is 2. The van der Waals surface area contributed by atoms with Crippen molar-refractivity contribution in [2.75, 3.05) is 44.4 Å². The van der Waals surface area contributed by atoms with Gasteiger partial charge in [-0.1, -0.05) is 6.58 Å². The number of carbonyl (C=O) groups is 4. The van der Waals surface area contributed by atoms with E-state index in [2.05, 4.69) is 38.2 Å². The summed E-state index contributed by atoms with van der Waals surface area (Å²) in [6.45, 7) is 17.3. The third kappa shape index (κ3) is 11.6. The molecule has 6 aromatic rings. The van der Waals surface area contributed by atoms with Crippen LogP contribution in [0, 0.1) is 0 Å². The van der Waals surface area contributed by atoms with Gasteiger partial charge in [0.05, 0.1) is 34.9 Å². The van der Waals surface area contributed by atoms with Gasteiger partial charge >= 0.3 is 12.2 Å². The van der Waals surface area contributed by atoms with E-state index < -0.39 is 11.2 Å². The van der Waals surface area contributed by atoms with Crippen LogP contribution in [0.5, 0.6) is 0 Å². The fraction of sp³-hybridized carbons (Fsp3) is 0.409. The number of fused-ring (bicyclic) bond motifs is 4. The van der Waals surface area contributed by atoms with E-state index >= 15 is 0 Å². The van der Waals surface area contributed by atoms with Gasteiger partial charge in [-0.2, -0.15) is 0 Å². The molecule has 0 atom stereocenters. The van der Waals surface area contributed by atoms with Crippen LogP contribution in [-0.4, -0.2) is 98.7 Å². The number of hydrogen-bond acceptors (Lipinski definition) is 16. The Bertz CT molecular complexity index is 2590. The average Bonchev–Trinajstić information content (AvgIpc) is 4.04. The topological polar surface area (TPSA) is 207 Å². The van der Waals surface area contributed by atoms with Gasteiger partial charge in [-0.3, -0.25) is 19.6 Å². The predicted octanol–water partition coefficient (Wildman–Crippen LogP) is 8.67. The van der Waals surface area contributed by atoms with E-state index in [1.165, 1.54) is 35.8 Å². The molecule has 0 spiro atoms. The molecule has 20 heteroatoms. The summed E-state index contributed by atoms with van der Waals surface area (Å²) in [5.41, 5.74) is 9.23. The highest BCUT2D eigenvalue weighted by Gasteiger charge is 2.33. The molecule has 0 unspecified atom stereocenters. The molecule has 8 rings (SSSR count). The second-order valence-corrected chi connectivity index (χ2v) is 20.8. The second kappa shape index (κ2) is 20.6. The normalized spacial score (nSPS) is 13.5. The Balaban J connectivity index is 0.000000205. The Morgan fingerprint density at radius 3 is 1.61 bits per heavy atom. The molecule has 0 saturated heterocycles. The summed E-state index contributed by atoms with van der Waals surface area (Å²) in [6, 6.07) is 3.88. The Morgan fingerprint density at radius 1 is 0.750 bits per heavy atom. The predicted molar refractivity (Wildman–Crippen MR) is 258 cm³/mol. The van der Waals surface area contributed by atoms with Crippen molar-refractivity contribution in [3.63, 3.8) is 0 Å². The van der Waals surface area contributed by atoms with Crippen LogP contribution >= 0.6 is 45.3 Å². The van der Waals surface area contributed by atoms with E-state index in [4.69, 9.17) is 19.4 Å². The monoisotopic (exact) mass is 946 g/mol. The van der Waals surface area contributed by atoms with Crippen LogP contribution in [0.25, 0.3) is 41.6 Å². The average molecular weight is 947 g/mol. The Kier molecular flexibility index (Phi) is 15.5. The van der Waals surface area contributed by atoms with E-state index in [9.17, 15) is 19.2 Å². The number of thiazole rings is 2. The lowest BCUT2D eigenvalue weighted by atomic mass is 10.0. The number of pyridine rings is 2. The molecule has 0 bridgehead atoms. The number of nitrogens with zero attached hydrogens (tertiary/aromatic N) is 6. The fourth-order valence-corrected chi connectivity index (χ4v) is 11.5. The van der Waals surface area contributed by atoms with Gasteiger partial charge in [0, 0.05) is 59.3 Å². The third-order valence-electron chi connectivity index (χ3n) is 9.50. The Hall–Kier alpha value is -5.38. The summed E-state index contributed by atoms with van der Waals surface area (Å²) in [5, 5.41) is 12.2. The number of hydrogen-bond donors (Lipinski definition) is 4. The van der Waals surface area contributed by atoms with E-state index in [-0.39, 0.29) is 24.0 Å². The number of aromatic nitrogens is 4. The number of nitrogens with two attached hydrogens (primary N) is 1. The van der Waals surface area contributed by atoms with Crippen molar-refractivity contribution in [3.05, 3.63) is 70.5 Å². The third-order valence-corrected chi connectivity index (χ3v) is 13.9. The first-order valence-corrected chi connectivity index (χ1v) is 23.9. The maximum atomic E-state index is 12.6. The fourth-order valence-electron chi connectivity index (χ4n) is 6.76. The van der Waals surface area contributed by atoms with Crippen molar-refractivity contribution in [2.24, 2.45) is 5.73 Å². The Labute approximate surface area is 388 Å². The SMILES string of the molecule is C=CC(=O)Nc1sc2c(c1-c1nc3cnccc3s1)CCN(C(=O)OC(C)(C)C)C2.CN.CNCCC(=O)Nc1sc2c(c1-c1nc3cnccc3s1)CCN(C(=O)OC(C)(C)C)C2. The highest BCUT2D eigenvalue weighted by molar-refractivity contribution is 7.23. The molecular formula is C44H54N10O6S4. The van der Waals surface area contributed by atoms with Gasteiger partial charge < -0.3 is 41.0 Å². The van der Waals surface area contributed by atoms with Gasteiger partial charge in [0.15, 0.2) is 0 Å². The first kappa shape index (κ1) is 48.1. The summed E-state index contributed by atoms with van der Waals surface area (Å²) in [6.07, 6.45) is 9.32. The van der Waals surface area contributed by atoms with Crippen molar-refractivity contribution < 1.29 is 28.7 Å². The van der Waals surface area contributed by atoms with Crippen LogP contribution in [0.4, 0.5) is 19.6 Å². The van der Waals surface area contributed by atoms with Gasteiger partial charge in [0.25, 0.3) is 0 Å². The molecule has 0 fully saturated rings. The van der Waals surface area contributed by atoms with Crippen molar-refractivity contribution in [1.82, 2.24) is 35.1 Å².